The van der Waals surface area contributed by atoms with Crippen LogP contribution >= 0.6 is 0 Å². The van der Waals surface area contributed by atoms with Crippen molar-refractivity contribution in [2.45, 2.75) is 31.9 Å². The summed E-state index contributed by atoms with van der Waals surface area (Å²) < 4.78 is 5.26. The van der Waals surface area contributed by atoms with Gasteiger partial charge in [-0.2, -0.15) is 0 Å². The van der Waals surface area contributed by atoms with Crippen molar-refractivity contribution in [1.82, 2.24) is 10.2 Å². The van der Waals surface area contributed by atoms with Gasteiger partial charge < -0.3 is 20.3 Å². The van der Waals surface area contributed by atoms with Gasteiger partial charge in [0.25, 0.3) is 0 Å². The first-order valence-electron chi connectivity index (χ1n) is 6.43. The van der Waals surface area contributed by atoms with E-state index < -0.39 is 17.6 Å². The van der Waals surface area contributed by atoms with E-state index in [-0.39, 0.29) is 19.1 Å². The van der Waals surface area contributed by atoms with E-state index in [1.165, 1.54) is 6.92 Å². The number of aliphatic hydroxyl groups is 1. The number of ether oxygens (including phenoxy) is 1. The van der Waals surface area contributed by atoms with Crippen molar-refractivity contribution in [3.05, 3.63) is 0 Å². The van der Waals surface area contributed by atoms with Crippen LogP contribution in [0.15, 0.2) is 0 Å². The second-order valence-electron chi connectivity index (χ2n) is 4.93. The van der Waals surface area contributed by atoms with Gasteiger partial charge in [-0.15, -0.1) is 0 Å². The molecule has 7 nitrogen and oxygen atoms in total. The lowest BCUT2D eigenvalue weighted by Gasteiger charge is -2.37. The van der Waals surface area contributed by atoms with E-state index >= 15 is 0 Å². The van der Waals surface area contributed by atoms with Gasteiger partial charge in [0.05, 0.1) is 13.2 Å². The van der Waals surface area contributed by atoms with Crippen molar-refractivity contribution in [2.75, 3.05) is 32.8 Å². The minimum Gasteiger partial charge on any atom is -0.479 e. The Bertz CT molecular complexity index is 332. The van der Waals surface area contributed by atoms with Crippen LogP contribution in [-0.2, 0) is 14.3 Å². The summed E-state index contributed by atoms with van der Waals surface area (Å²) in [6, 6.07) is -0.550. The van der Waals surface area contributed by atoms with Gasteiger partial charge in [-0.1, -0.05) is 6.92 Å². The average molecular weight is 274 g/mol. The number of hydrogen-bond donors (Lipinski definition) is 3. The number of carbonyl (C=O) groups excluding carboxylic acids is 1. The molecule has 0 bridgehead atoms. The Morgan fingerprint density at radius 3 is 2.79 bits per heavy atom. The summed E-state index contributed by atoms with van der Waals surface area (Å²) in [6.45, 7) is 4.71. The molecule has 2 unspecified atom stereocenters. The second-order valence-corrected chi connectivity index (χ2v) is 4.93. The maximum atomic E-state index is 12.0. The van der Waals surface area contributed by atoms with Gasteiger partial charge in [-0.3, -0.25) is 9.69 Å². The van der Waals surface area contributed by atoms with Crippen LogP contribution in [0.2, 0.25) is 0 Å². The van der Waals surface area contributed by atoms with Crippen molar-refractivity contribution in [3.63, 3.8) is 0 Å². The second kappa shape index (κ2) is 6.83. The summed E-state index contributed by atoms with van der Waals surface area (Å²) in [5.41, 5.74) is -1.87. The van der Waals surface area contributed by atoms with Gasteiger partial charge in [0.15, 0.2) is 5.60 Å². The monoisotopic (exact) mass is 274 g/mol. The summed E-state index contributed by atoms with van der Waals surface area (Å²) in [6.07, 6.45) is 0.826. The van der Waals surface area contributed by atoms with Crippen molar-refractivity contribution in [1.29, 1.82) is 0 Å². The van der Waals surface area contributed by atoms with Gasteiger partial charge in [0, 0.05) is 19.6 Å². The summed E-state index contributed by atoms with van der Waals surface area (Å²) in [5, 5.41) is 21.5. The number of carboxylic acids is 1. The zero-order valence-electron chi connectivity index (χ0n) is 11.4. The van der Waals surface area contributed by atoms with Gasteiger partial charge >= 0.3 is 5.97 Å². The van der Waals surface area contributed by atoms with E-state index in [0.29, 0.717) is 19.7 Å². The van der Waals surface area contributed by atoms with Crippen LogP contribution in [0.4, 0.5) is 0 Å². The fraction of sp³-hybridized carbons (Fsp3) is 0.833. The molecule has 3 N–H and O–H groups in total. The minimum absolute atomic E-state index is 0.101. The van der Waals surface area contributed by atoms with E-state index in [1.54, 1.807) is 4.90 Å². The molecule has 1 rings (SSSR count). The number of carbonyl (C=O) groups is 2. The maximum absolute atomic E-state index is 12.0. The first-order chi connectivity index (χ1) is 8.88. The number of nitrogens with one attached hydrogen (secondary N) is 1. The van der Waals surface area contributed by atoms with Crippen molar-refractivity contribution in [3.8, 4) is 0 Å². The molecule has 1 amide bonds. The van der Waals surface area contributed by atoms with Gasteiger partial charge in [0.1, 0.15) is 6.04 Å². The third kappa shape index (κ3) is 4.45. The first-order valence-corrected chi connectivity index (χ1v) is 6.43. The molecule has 19 heavy (non-hydrogen) atoms. The molecule has 0 aromatic carbocycles. The van der Waals surface area contributed by atoms with Crippen LogP contribution in [0.3, 0.4) is 0 Å². The fourth-order valence-electron chi connectivity index (χ4n) is 1.90. The molecule has 0 aromatic heterocycles. The van der Waals surface area contributed by atoms with Crippen molar-refractivity contribution < 1.29 is 24.5 Å². The largest absolute Gasteiger partial charge is 0.479 e. The molecule has 0 aliphatic carbocycles. The Morgan fingerprint density at radius 2 is 2.21 bits per heavy atom. The molecule has 7 heteroatoms. The summed E-state index contributed by atoms with van der Waals surface area (Å²) in [7, 11) is 0. The summed E-state index contributed by atoms with van der Waals surface area (Å²) in [5.74, 6) is -1.49. The molecule has 0 spiro atoms. The van der Waals surface area contributed by atoms with Crippen LogP contribution in [0, 0.1) is 0 Å². The number of β-amino-alcohol motifs (C(OH)–C–C–N with tert-alkyl or cyclic N) is 1. The topological polar surface area (TPSA) is 99.1 Å². The molecule has 0 radical (unpaired) electrons. The SMILES string of the molecule is CCCNC(=O)C1COCCN1CC(C)(O)C(=O)O. The van der Waals surface area contributed by atoms with Gasteiger partial charge in [0.2, 0.25) is 5.91 Å². The van der Waals surface area contributed by atoms with Crippen molar-refractivity contribution >= 4 is 11.9 Å². The quantitative estimate of drug-likeness (QED) is 0.577. The standard InChI is InChI=1S/C12H22N2O5/c1-3-4-13-10(15)9-7-19-6-5-14(9)8-12(2,18)11(16)17/h9,18H,3-8H2,1-2H3,(H,13,15)(H,16,17). The molecule has 0 aromatic rings. The number of hydrogen-bond acceptors (Lipinski definition) is 5. The molecular weight excluding hydrogens is 252 g/mol. The molecular formula is C12H22N2O5. The molecule has 1 fully saturated rings. The molecule has 1 aliphatic rings. The number of carboxylic acid groups (broad SMARTS) is 1. The number of morpholine rings is 1. The fourth-order valence-corrected chi connectivity index (χ4v) is 1.90. The molecule has 1 saturated heterocycles. The number of rotatable bonds is 6. The Kier molecular flexibility index (Phi) is 5.71. The van der Waals surface area contributed by atoms with Crippen molar-refractivity contribution in [2.24, 2.45) is 0 Å². The van der Waals surface area contributed by atoms with E-state index in [4.69, 9.17) is 9.84 Å². The number of aliphatic carboxylic acids is 1. The highest BCUT2D eigenvalue weighted by atomic mass is 16.5. The normalized spacial score (nSPS) is 23.6. The third-order valence-corrected chi connectivity index (χ3v) is 3.06. The highest BCUT2D eigenvalue weighted by molar-refractivity contribution is 5.82. The minimum atomic E-state index is -1.87. The van der Waals surface area contributed by atoms with Crippen LogP contribution in [0.1, 0.15) is 20.3 Å². The smallest absolute Gasteiger partial charge is 0.336 e. The van der Waals surface area contributed by atoms with E-state index in [1.807, 2.05) is 6.92 Å². The molecule has 2 atom stereocenters. The van der Waals surface area contributed by atoms with Gasteiger partial charge in [-0.05, 0) is 13.3 Å². The van der Waals surface area contributed by atoms with Crippen LogP contribution in [0.25, 0.3) is 0 Å². The third-order valence-electron chi connectivity index (χ3n) is 3.06. The molecule has 110 valence electrons. The van der Waals surface area contributed by atoms with Crippen LogP contribution < -0.4 is 5.32 Å². The predicted molar refractivity (Wildman–Crippen MR) is 67.7 cm³/mol. The van der Waals surface area contributed by atoms with E-state index in [9.17, 15) is 14.7 Å². The Morgan fingerprint density at radius 1 is 1.53 bits per heavy atom. The van der Waals surface area contributed by atoms with Gasteiger partial charge in [-0.25, -0.2) is 4.79 Å². The summed E-state index contributed by atoms with van der Waals surface area (Å²) >= 11 is 0. The van der Waals surface area contributed by atoms with Crippen LogP contribution in [-0.4, -0.2) is 71.5 Å². The lowest BCUT2D eigenvalue weighted by atomic mass is 10.0. The predicted octanol–water partition coefficient (Wildman–Crippen LogP) is -0.951. The molecule has 1 heterocycles. The Hall–Kier alpha value is -1.18. The van der Waals surface area contributed by atoms with E-state index in [2.05, 4.69) is 5.32 Å². The number of amides is 1. The Labute approximate surface area is 112 Å². The molecule has 0 saturated carbocycles. The van der Waals surface area contributed by atoms with E-state index in [0.717, 1.165) is 6.42 Å². The maximum Gasteiger partial charge on any atom is 0.336 e. The lowest BCUT2D eigenvalue weighted by molar-refractivity contribution is -0.162. The first kappa shape index (κ1) is 15.9. The highest BCUT2D eigenvalue weighted by Crippen LogP contribution is 2.13. The zero-order valence-corrected chi connectivity index (χ0v) is 11.4. The molecule has 1 aliphatic heterocycles. The number of nitrogens with zero attached hydrogens (tertiary/aromatic N) is 1. The zero-order chi connectivity index (χ0) is 14.5. The summed E-state index contributed by atoms with van der Waals surface area (Å²) in [4.78, 5) is 24.6. The average Bonchev–Trinajstić information content (AvgIpc) is 2.36. The lowest BCUT2D eigenvalue weighted by Crippen LogP contribution is -2.58. The van der Waals surface area contributed by atoms with Crippen LogP contribution in [0.5, 0.6) is 0 Å². The Balaban J connectivity index is 2.67. The highest BCUT2D eigenvalue weighted by Gasteiger charge is 2.38.